The molecule has 0 aliphatic carbocycles. The maximum Gasteiger partial charge on any atom is 0.417 e. The largest absolute Gasteiger partial charge is 0.462 e. The molecule has 35 heavy (non-hydrogen) atoms. The van der Waals surface area contributed by atoms with Gasteiger partial charge in [-0.1, -0.05) is 30.3 Å². The van der Waals surface area contributed by atoms with Crippen molar-refractivity contribution >= 4 is 35.1 Å². The van der Waals surface area contributed by atoms with Gasteiger partial charge in [-0.15, -0.1) is 12.4 Å². The van der Waals surface area contributed by atoms with Gasteiger partial charge in [0.1, 0.15) is 12.6 Å². The van der Waals surface area contributed by atoms with Crippen LogP contribution in [0.15, 0.2) is 53.3 Å². The van der Waals surface area contributed by atoms with E-state index in [1.54, 1.807) is 18.2 Å². The number of hydrogen-bond donors (Lipinski definition) is 3. The van der Waals surface area contributed by atoms with Gasteiger partial charge >= 0.3 is 12.1 Å². The van der Waals surface area contributed by atoms with Crippen LogP contribution in [-0.2, 0) is 20.5 Å². The summed E-state index contributed by atoms with van der Waals surface area (Å²) in [6, 6.07) is 10.2. The molecule has 1 saturated heterocycles. The summed E-state index contributed by atoms with van der Waals surface area (Å²) in [7, 11) is 0. The van der Waals surface area contributed by atoms with E-state index in [2.05, 4.69) is 10.3 Å². The first kappa shape index (κ1) is 26.2. The minimum absolute atomic E-state index is 0. The molecule has 1 unspecified atom stereocenters. The lowest BCUT2D eigenvalue weighted by atomic mass is 9.93. The number of esters is 1. The first-order valence-corrected chi connectivity index (χ1v) is 10.6. The van der Waals surface area contributed by atoms with E-state index in [0.717, 1.165) is 6.07 Å². The summed E-state index contributed by atoms with van der Waals surface area (Å²) in [5.74, 6) is -1.40. The van der Waals surface area contributed by atoms with E-state index < -0.39 is 41.3 Å². The van der Waals surface area contributed by atoms with E-state index in [1.165, 1.54) is 31.2 Å². The number of aromatic nitrogens is 1. The molecular formula is C24H23ClF3N3O4. The fraction of sp³-hybridized carbons (Fsp3) is 0.292. The zero-order valence-corrected chi connectivity index (χ0v) is 19.3. The Labute approximate surface area is 204 Å². The number of aromatic amines is 1. The van der Waals surface area contributed by atoms with Gasteiger partial charge < -0.3 is 20.8 Å². The number of H-pyrrole nitrogens is 1. The van der Waals surface area contributed by atoms with Crippen LogP contribution in [0, 0.1) is 0 Å². The number of nitrogens with two attached hydrogens (primary N) is 1. The van der Waals surface area contributed by atoms with E-state index in [9.17, 15) is 27.6 Å². The van der Waals surface area contributed by atoms with Crippen LogP contribution in [0.25, 0.3) is 22.0 Å². The number of ether oxygens (including phenoxy) is 1. The summed E-state index contributed by atoms with van der Waals surface area (Å²) in [5, 5.41) is 3.46. The molecular weight excluding hydrogens is 487 g/mol. The second kappa shape index (κ2) is 10.1. The number of carbonyl (C=O) groups excluding carboxylic acids is 2. The summed E-state index contributed by atoms with van der Waals surface area (Å²) in [4.78, 5) is 39.4. The Kier molecular flexibility index (Phi) is 7.56. The highest BCUT2D eigenvalue weighted by molar-refractivity contribution is 5.90. The van der Waals surface area contributed by atoms with Crippen molar-refractivity contribution in [3.63, 3.8) is 0 Å². The fourth-order valence-corrected chi connectivity index (χ4v) is 4.07. The summed E-state index contributed by atoms with van der Waals surface area (Å²) < 4.78 is 45.3. The number of alkyl halides is 3. The SMILES string of the molecule is C[C@H](N)C(=O)OCC1C[C@H](c2ccc3cc(-c4ccccc4C(F)(F)F)[nH]c(=O)c3c2)C(=O)N1.Cl. The van der Waals surface area contributed by atoms with Crippen LogP contribution >= 0.6 is 12.4 Å². The minimum Gasteiger partial charge on any atom is -0.462 e. The van der Waals surface area contributed by atoms with Crippen LogP contribution in [-0.4, -0.2) is 35.6 Å². The molecule has 0 saturated carbocycles. The van der Waals surface area contributed by atoms with E-state index in [4.69, 9.17) is 10.5 Å². The molecule has 1 aliphatic rings. The highest BCUT2D eigenvalue weighted by atomic mass is 35.5. The topological polar surface area (TPSA) is 114 Å². The predicted octanol–water partition coefficient (Wildman–Crippen LogP) is 3.50. The molecule has 0 spiro atoms. The average molecular weight is 510 g/mol. The third kappa shape index (κ3) is 5.49. The zero-order chi connectivity index (χ0) is 24.6. The summed E-state index contributed by atoms with van der Waals surface area (Å²) in [6.07, 6.45) is -4.22. The third-order valence-corrected chi connectivity index (χ3v) is 5.78. The van der Waals surface area contributed by atoms with Gasteiger partial charge in [0, 0.05) is 16.6 Å². The average Bonchev–Trinajstić information content (AvgIpc) is 3.17. The summed E-state index contributed by atoms with van der Waals surface area (Å²) in [6.45, 7) is 1.48. The second-order valence-electron chi connectivity index (χ2n) is 8.31. The Hall–Kier alpha value is -3.37. The van der Waals surface area contributed by atoms with Crippen molar-refractivity contribution in [2.45, 2.75) is 37.5 Å². The molecule has 4 N–H and O–H groups in total. The zero-order valence-electron chi connectivity index (χ0n) is 18.5. The van der Waals surface area contributed by atoms with E-state index in [-0.39, 0.29) is 41.6 Å². The lowest BCUT2D eigenvalue weighted by Crippen LogP contribution is -2.35. The highest BCUT2D eigenvalue weighted by Crippen LogP contribution is 2.37. The Morgan fingerprint density at radius 1 is 1.17 bits per heavy atom. The number of halogens is 4. The number of pyridine rings is 1. The Bertz CT molecular complexity index is 1320. The van der Waals surface area contributed by atoms with Crippen molar-refractivity contribution < 1.29 is 27.5 Å². The van der Waals surface area contributed by atoms with Crippen LogP contribution in [0.3, 0.4) is 0 Å². The van der Waals surface area contributed by atoms with Crippen molar-refractivity contribution in [3.8, 4) is 11.3 Å². The van der Waals surface area contributed by atoms with Gasteiger partial charge in [0.2, 0.25) is 5.91 Å². The second-order valence-corrected chi connectivity index (χ2v) is 8.31. The maximum atomic E-state index is 13.4. The smallest absolute Gasteiger partial charge is 0.417 e. The Morgan fingerprint density at radius 2 is 1.89 bits per heavy atom. The van der Waals surface area contributed by atoms with E-state index >= 15 is 0 Å². The molecule has 3 atom stereocenters. The normalized spacial score (nSPS) is 18.6. The molecule has 1 amide bonds. The molecule has 1 fully saturated rings. The minimum atomic E-state index is -4.57. The number of rotatable bonds is 5. The van der Waals surface area contributed by atoms with Crippen molar-refractivity contribution in [1.82, 2.24) is 10.3 Å². The van der Waals surface area contributed by atoms with E-state index in [0.29, 0.717) is 17.4 Å². The summed E-state index contributed by atoms with van der Waals surface area (Å²) >= 11 is 0. The summed E-state index contributed by atoms with van der Waals surface area (Å²) in [5.41, 5.74) is 4.56. The van der Waals surface area contributed by atoms with Crippen molar-refractivity contribution in [1.29, 1.82) is 0 Å². The van der Waals surface area contributed by atoms with Crippen LogP contribution in [0.5, 0.6) is 0 Å². The standard InChI is InChI=1S/C24H22F3N3O4.ClH/c1-12(28)23(33)34-11-15-10-18(21(31)29-15)13-6-7-14-9-20(30-22(32)17(14)8-13)16-4-2-3-5-19(16)24(25,26)27;/h2-9,12,15,18H,10-11,28H2,1H3,(H,29,31)(H,30,32);1H/t12-,15?,18+;/m0./s1. The lowest BCUT2D eigenvalue weighted by Gasteiger charge is -2.14. The van der Waals surface area contributed by atoms with Gasteiger partial charge in [-0.25, -0.2) is 0 Å². The van der Waals surface area contributed by atoms with Crippen molar-refractivity contribution in [2.24, 2.45) is 5.73 Å². The van der Waals surface area contributed by atoms with Gasteiger partial charge in [-0.2, -0.15) is 13.2 Å². The number of benzene rings is 2. The van der Waals surface area contributed by atoms with E-state index in [1.807, 2.05) is 0 Å². The fourth-order valence-electron chi connectivity index (χ4n) is 4.07. The maximum absolute atomic E-state index is 13.4. The molecule has 4 rings (SSSR count). The molecule has 1 aliphatic heterocycles. The van der Waals surface area contributed by atoms with Crippen LogP contribution in [0.1, 0.15) is 30.4 Å². The lowest BCUT2D eigenvalue weighted by molar-refractivity contribution is -0.145. The number of hydrogen-bond acceptors (Lipinski definition) is 5. The number of fused-ring (bicyclic) bond motifs is 1. The molecule has 3 aromatic rings. The Morgan fingerprint density at radius 3 is 2.57 bits per heavy atom. The van der Waals surface area contributed by atoms with Crippen molar-refractivity contribution in [3.05, 3.63) is 70.0 Å². The quantitative estimate of drug-likeness (QED) is 0.455. The molecule has 2 heterocycles. The molecule has 0 bridgehead atoms. The number of carbonyl (C=O) groups is 2. The predicted molar refractivity (Wildman–Crippen MR) is 126 cm³/mol. The van der Waals surface area contributed by atoms with Gasteiger partial charge in [-0.05, 0) is 42.5 Å². The molecule has 0 radical (unpaired) electrons. The number of amides is 1. The number of nitrogens with one attached hydrogen (secondary N) is 2. The first-order chi connectivity index (χ1) is 16.0. The molecule has 186 valence electrons. The van der Waals surface area contributed by atoms with Crippen LogP contribution in [0.4, 0.5) is 13.2 Å². The van der Waals surface area contributed by atoms with Crippen LogP contribution in [0.2, 0.25) is 0 Å². The highest BCUT2D eigenvalue weighted by Gasteiger charge is 2.35. The first-order valence-electron chi connectivity index (χ1n) is 10.6. The van der Waals surface area contributed by atoms with Gasteiger partial charge in [0.15, 0.2) is 0 Å². The van der Waals surface area contributed by atoms with Gasteiger partial charge in [-0.3, -0.25) is 14.4 Å². The third-order valence-electron chi connectivity index (χ3n) is 5.78. The van der Waals surface area contributed by atoms with Crippen LogP contribution < -0.4 is 16.6 Å². The van der Waals surface area contributed by atoms with Gasteiger partial charge in [0.25, 0.3) is 5.56 Å². The van der Waals surface area contributed by atoms with Crippen molar-refractivity contribution in [2.75, 3.05) is 6.61 Å². The molecule has 2 aromatic carbocycles. The van der Waals surface area contributed by atoms with Gasteiger partial charge in [0.05, 0.1) is 17.5 Å². The Balaban J connectivity index is 0.00000342. The molecule has 7 nitrogen and oxygen atoms in total. The molecule has 11 heteroatoms. The molecule has 1 aromatic heterocycles. The monoisotopic (exact) mass is 509 g/mol.